The summed E-state index contributed by atoms with van der Waals surface area (Å²) < 4.78 is 0. The van der Waals surface area contributed by atoms with Crippen molar-refractivity contribution < 1.29 is 9.63 Å². The molecule has 5 heteroatoms. The number of carbonyl (C=O) groups is 1. The highest BCUT2D eigenvalue weighted by Crippen LogP contribution is 1.92. The van der Waals surface area contributed by atoms with Gasteiger partial charge in [0.05, 0.1) is 6.61 Å². The average molecular weight is 188 g/mol. The van der Waals surface area contributed by atoms with Crippen molar-refractivity contribution in [2.75, 3.05) is 13.2 Å². The number of halogens is 2. The highest BCUT2D eigenvalue weighted by Gasteiger charge is 2.04. The van der Waals surface area contributed by atoms with Gasteiger partial charge in [-0.15, -0.1) is 24.8 Å². The molecule has 62 valence electrons. The highest BCUT2D eigenvalue weighted by molar-refractivity contribution is 5.85. The van der Waals surface area contributed by atoms with Crippen LogP contribution in [0.2, 0.25) is 0 Å². The van der Waals surface area contributed by atoms with Gasteiger partial charge in [-0.2, -0.15) is 0 Å². The summed E-state index contributed by atoms with van der Waals surface area (Å²) in [6, 6.07) is 0. The fourth-order valence-corrected chi connectivity index (χ4v) is 0.625. The van der Waals surface area contributed by atoms with Crippen molar-refractivity contribution in [3.63, 3.8) is 0 Å². The summed E-state index contributed by atoms with van der Waals surface area (Å²) in [4.78, 5) is 15.4. The number of rotatable bonds is 0. The van der Waals surface area contributed by atoms with Gasteiger partial charge in [-0.1, -0.05) is 0 Å². The Morgan fingerprint density at radius 1 is 1.30 bits per heavy atom. The van der Waals surface area contributed by atoms with Gasteiger partial charge in [-0.3, -0.25) is 4.79 Å². The minimum absolute atomic E-state index is 0. The molecule has 0 aliphatic carbocycles. The first-order valence-corrected chi connectivity index (χ1v) is 2.76. The van der Waals surface area contributed by atoms with Crippen LogP contribution >= 0.6 is 24.8 Å². The molecule has 0 spiro atoms. The summed E-state index contributed by atoms with van der Waals surface area (Å²) in [5.41, 5.74) is 2.66. The molecule has 1 fully saturated rings. The van der Waals surface area contributed by atoms with Gasteiger partial charge in [0.25, 0.3) is 0 Å². The minimum atomic E-state index is 0. The molecule has 0 radical (unpaired) electrons. The second-order valence-electron chi connectivity index (χ2n) is 1.78. The Hall–Kier alpha value is 0.170. The van der Waals surface area contributed by atoms with Crippen molar-refractivity contribution in [1.82, 2.24) is 5.48 Å². The van der Waals surface area contributed by atoms with Gasteiger partial charge in [0.2, 0.25) is 0 Å². The van der Waals surface area contributed by atoms with Crippen molar-refractivity contribution >= 4 is 30.6 Å². The molecule has 0 aromatic rings. The standard InChI is InChI=1S/C5H9NO2.2ClH/c7-5-1-3-6-8-4-2-5;;/h6H,1-4H2;2*1H. The maximum absolute atomic E-state index is 10.6. The normalized spacial score (nSPS) is 18.2. The molecule has 1 heterocycles. The minimum Gasteiger partial charge on any atom is -0.301 e. The molecule has 0 aromatic heterocycles. The zero-order chi connectivity index (χ0) is 5.82. The van der Waals surface area contributed by atoms with Gasteiger partial charge >= 0.3 is 0 Å². The maximum atomic E-state index is 10.6. The smallest absolute Gasteiger partial charge is 0.136 e. The lowest BCUT2D eigenvalue weighted by atomic mass is 10.2. The third kappa shape index (κ3) is 4.99. The van der Waals surface area contributed by atoms with Crippen LogP contribution in [0.15, 0.2) is 0 Å². The van der Waals surface area contributed by atoms with E-state index in [-0.39, 0.29) is 30.6 Å². The van der Waals surface area contributed by atoms with Crippen LogP contribution in [0.4, 0.5) is 0 Å². The van der Waals surface area contributed by atoms with Crippen molar-refractivity contribution in [2.45, 2.75) is 12.8 Å². The summed E-state index contributed by atoms with van der Waals surface area (Å²) in [7, 11) is 0. The third-order valence-corrected chi connectivity index (χ3v) is 1.09. The van der Waals surface area contributed by atoms with E-state index >= 15 is 0 Å². The Balaban J connectivity index is 0. The quantitative estimate of drug-likeness (QED) is 0.608. The van der Waals surface area contributed by atoms with Crippen LogP contribution in [0.5, 0.6) is 0 Å². The van der Waals surface area contributed by atoms with E-state index < -0.39 is 0 Å². The second kappa shape index (κ2) is 7.28. The molecule has 0 unspecified atom stereocenters. The molecule has 0 aromatic carbocycles. The van der Waals surface area contributed by atoms with Gasteiger partial charge in [0, 0.05) is 19.4 Å². The number of Topliss-reactive ketones (excluding diaryl/α,β-unsaturated/α-hetero) is 1. The Kier molecular flexibility index (Phi) is 9.33. The molecule has 1 aliphatic rings. The SMILES string of the molecule is Cl.Cl.O=C1CCNOCC1. The van der Waals surface area contributed by atoms with E-state index in [2.05, 4.69) is 5.48 Å². The number of hydroxylamine groups is 1. The highest BCUT2D eigenvalue weighted by atomic mass is 35.5. The Bertz CT molecular complexity index is 89.6. The first-order chi connectivity index (χ1) is 3.89. The lowest BCUT2D eigenvalue weighted by Crippen LogP contribution is -2.12. The Morgan fingerprint density at radius 3 is 2.70 bits per heavy atom. The van der Waals surface area contributed by atoms with E-state index in [4.69, 9.17) is 4.84 Å². The first kappa shape index (κ1) is 12.8. The summed E-state index contributed by atoms with van der Waals surface area (Å²) in [6.45, 7) is 1.19. The monoisotopic (exact) mass is 187 g/mol. The molecular weight excluding hydrogens is 177 g/mol. The fraction of sp³-hybridized carbons (Fsp3) is 0.800. The summed E-state index contributed by atoms with van der Waals surface area (Å²) in [6.07, 6.45) is 1.17. The van der Waals surface area contributed by atoms with Gasteiger partial charge in [0.1, 0.15) is 5.78 Å². The zero-order valence-corrected chi connectivity index (χ0v) is 7.09. The molecule has 0 bridgehead atoms. The predicted octanol–water partition coefficient (Wildman–Crippen LogP) is 0.714. The van der Waals surface area contributed by atoms with Crippen molar-refractivity contribution in [2.24, 2.45) is 0 Å². The van der Waals surface area contributed by atoms with E-state index in [1.54, 1.807) is 0 Å². The number of carbonyl (C=O) groups excluding carboxylic acids is 1. The van der Waals surface area contributed by atoms with E-state index in [9.17, 15) is 4.79 Å². The molecule has 10 heavy (non-hydrogen) atoms. The Morgan fingerprint density at radius 2 is 2.00 bits per heavy atom. The van der Waals surface area contributed by atoms with Crippen molar-refractivity contribution in [3.8, 4) is 0 Å². The van der Waals surface area contributed by atoms with Crippen molar-refractivity contribution in [1.29, 1.82) is 0 Å². The molecule has 1 saturated heterocycles. The molecule has 3 nitrogen and oxygen atoms in total. The molecule has 1 rings (SSSR count). The number of ketones is 1. The van der Waals surface area contributed by atoms with E-state index in [1.807, 2.05) is 0 Å². The van der Waals surface area contributed by atoms with Crippen LogP contribution in [0.3, 0.4) is 0 Å². The van der Waals surface area contributed by atoms with Crippen LogP contribution in [-0.2, 0) is 9.63 Å². The van der Waals surface area contributed by atoms with E-state index in [0.717, 1.165) is 0 Å². The Labute approximate surface area is 72.3 Å². The maximum Gasteiger partial charge on any atom is 0.136 e. The van der Waals surface area contributed by atoms with Crippen LogP contribution in [0, 0.1) is 0 Å². The fourth-order valence-electron chi connectivity index (χ4n) is 0.625. The largest absolute Gasteiger partial charge is 0.301 e. The molecule has 1 aliphatic heterocycles. The third-order valence-electron chi connectivity index (χ3n) is 1.09. The van der Waals surface area contributed by atoms with Gasteiger partial charge in [-0.25, -0.2) is 5.48 Å². The van der Waals surface area contributed by atoms with Crippen LogP contribution in [-0.4, -0.2) is 18.9 Å². The zero-order valence-electron chi connectivity index (χ0n) is 5.46. The average Bonchev–Trinajstić information content (AvgIpc) is 1.94. The molecular formula is C5H11Cl2NO2. The van der Waals surface area contributed by atoms with Gasteiger partial charge in [0.15, 0.2) is 0 Å². The van der Waals surface area contributed by atoms with Crippen molar-refractivity contribution in [3.05, 3.63) is 0 Å². The first-order valence-electron chi connectivity index (χ1n) is 2.76. The van der Waals surface area contributed by atoms with E-state index in [0.29, 0.717) is 26.0 Å². The van der Waals surface area contributed by atoms with Crippen LogP contribution in [0.25, 0.3) is 0 Å². The molecule has 1 N–H and O–H groups in total. The number of hydrogen-bond donors (Lipinski definition) is 1. The number of hydrogen-bond acceptors (Lipinski definition) is 3. The molecule has 0 saturated carbocycles. The lowest BCUT2D eigenvalue weighted by Gasteiger charge is -1.93. The van der Waals surface area contributed by atoms with Gasteiger partial charge in [-0.05, 0) is 0 Å². The molecule has 0 amide bonds. The predicted molar refractivity (Wildman–Crippen MR) is 42.7 cm³/mol. The molecule has 0 atom stereocenters. The summed E-state index contributed by atoms with van der Waals surface area (Å²) >= 11 is 0. The topological polar surface area (TPSA) is 38.3 Å². The van der Waals surface area contributed by atoms with Crippen LogP contribution < -0.4 is 5.48 Å². The van der Waals surface area contributed by atoms with Gasteiger partial charge < -0.3 is 4.84 Å². The van der Waals surface area contributed by atoms with E-state index in [1.165, 1.54) is 0 Å². The lowest BCUT2D eigenvalue weighted by molar-refractivity contribution is -0.118. The number of nitrogens with one attached hydrogen (secondary N) is 1. The summed E-state index contributed by atoms with van der Waals surface area (Å²) in [5.74, 6) is 0.287. The van der Waals surface area contributed by atoms with Crippen LogP contribution in [0.1, 0.15) is 12.8 Å². The summed E-state index contributed by atoms with van der Waals surface area (Å²) in [5, 5.41) is 0. The second-order valence-corrected chi connectivity index (χ2v) is 1.78.